The molecular weight excluding hydrogens is 232 g/mol. The van der Waals surface area contributed by atoms with Gasteiger partial charge in [0, 0.05) is 19.6 Å². The minimum Gasteiger partial charge on any atom is -0.480 e. The first-order chi connectivity index (χ1) is 8.61. The topological polar surface area (TPSA) is 60.9 Å². The highest BCUT2D eigenvalue weighted by molar-refractivity contribution is 5.80. The molecule has 2 unspecified atom stereocenters. The van der Waals surface area contributed by atoms with Crippen LogP contribution in [0.25, 0.3) is 0 Å². The lowest BCUT2D eigenvalue weighted by atomic mass is 10.0. The molecule has 1 N–H and O–H groups in total. The Labute approximate surface area is 108 Å². The Kier molecular flexibility index (Phi) is 4.09. The van der Waals surface area contributed by atoms with Gasteiger partial charge in [-0.05, 0) is 31.1 Å². The van der Waals surface area contributed by atoms with E-state index >= 15 is 0 Å². The molecule has 1 saturated heterocycles. The summed E-state index contributed by atoms with van der Waals surface area (Å²) in [4.78, 5) is 26.4. The highest BCUT2D eigenvalue weighted by Gasteiger charge is 2.39. The molecule has 1 heterocycles. The average molecular weight is 254 g/mol. The van der Waals surface area contributed by atoms with E-state index in [1.54, 1.807) is 0 Å². The number of carbonyl (C=O) groups excluding carboxylic acids is 1. The third-order valence-electron chi connectivity index (χ3n) is 4.09. The minimum absolute atomic E-state index is 0.0892. The van der Waals surface area contributed by atoms with Gasteiger partial charge in [-0.1, -0.05) is 13.3 Å². The van der Waals surface area contributed by atoms with Crippen molar-refractivity contribution in [2.24, 2.45) is 11.8 Å². The SMILES string of the molecule is CCCN(CC(=O)O)C(=O)N1CC2CCCC2C1. The fourth-order valence-electron chi connectivity index (χ4n) is 3.27. The van der Waals surface area contributed by atoms with Crippen molar-refractivity contribution in [1.29, 1.82) is 0 Å². The zero-order valence-corrected chi connectivity index (χ0v) is 11.0. The van der Waals surface area contributed by atoms with Crippen molar-refractivity contribution in [3.05, 3.63) is 0 Å². The van der Waals surface area contributed by atoms with E-state index in [4.69, 9.17) is 5.11 Å². The maximum atomic E-state index is 12.3. The maximum absolute atomic E-state index is 12.3. The molecule has 0 radical (unpaired) electrons. The molecule has 1 saturated carbocycles. The molecule has 2 rings (SSSR count). The van der Waals surface area contributed by atoms with Crippen LogP contribution in [0.5, 0.6) is 0 Å². The number of carboxylic acids is 1. The Hall–Kier alpha value is -1.26. The van der Waals surface area contributed by atoms with Crippen LogP contribution in [-0.4, -0.2) is 53.1 Å². The Bertz CT molecular complexity index is 320. The summed E-state index contributed by atoms with van der Waals surface area (Å²) < 4.78 is 0. The van der Waals surface area contributed by atoms with Crippen molar-refractivity contribution in [2.45, 2.75) is 32.6 Å². The Morgan fingerprint density at radius 2 is 1.89 bits per heavy atom. The monoisotopic (exact) mass is 254 g/mol. The zero-order valence-electron chi connectivity index (χ0n) is 11.0. The van der Waals surface area contributed by atoms with Gasteiger partial charge < -0.3 is 14.9 Å². The lowest BCUT2D eigenvalue weighted by Gasteiger charge is -2.27. The molecule has 0 bridgehead atoms. The number of hydrogen-bond acceptors (Lipinski definition) is 2. The van der Waals surface area contributed by atoms with Crippen LogP contribution in [0.3, 0.4) is 0 Å². The second-order valence-corrected chi connectivity index (χ2v) is 5.45. The van der Waals surface area contributed by atoms with Crippen LogP contribution >= 0.6 is 0 Å². The van der Waals surface area contributed by atoms with Gasteiger partial charge in [0.2, 0.25) is 0 Å². The molecule has 5 nitrogen and oxygen atoms in total. The number of amides is 2. The molecule has 5 heteroatoms. The van der Waals surface area contributed by atoms with E-state index in [0.717, 1.165) is 19.5 Å². The molecule has 1 aliphatic heterocycles. The van der Waals surface area contributed by atoms with E-state index in [-0.39, 0.29) is 12.6 Å². The Morgan fingerprint density at radius 1 is 1.28 bits per heavy atom. The number of fused-ring (bicyclic) bond motifs is 1. The molecule has 1 aliphatic carbocycles. The Morgan fingerprint density at radius 3 is 2.39 bits per heavy atom. The molecule has 0 aromatic rings. The van der Waals surface area contributed by atoms with Gasteiger partial charge in [0.25, 0.3) is 0 Å². The van der Waals surface area contributed by atoms with Crippen molar-refractivity contribution < 1.29 is 14.7 Å². The van der Waals surface area contributed by atoms with Crippen LogP contribution in [0, 0.1) is 11.8 Å². The van der Waals surface area contributed by atoms with E-state index in [1.807, 2.05) is 11.8 Å². The van der Waals surface area contributed by atoms with Gasteiger partial charge in [-0.25, -0.2) is 4.79 Å². The standard InChI is InChI=1S/C13H22N2O3/c1-2-6-14(9-12(16)17)13(18)15-7-10-4-3-5-11(10)8-15/h10-11H,2-9H2,1H3,(H,16,17). The molecule has 2 atom stereocenters. The number of carbonyl (C=O) groups is 2. The van der Waals surface area contributed by atoms with Crippen LogP contribution < -0.4 is 0 Å². The van der Waals surface area contributed by atoms with E-state index in [9.17, 15) is 9.59 Å². The lowest BCUT2D eigenvalue weighted by molar-refractivity contribution is -0.137. The predicted octanol–water partition coefficient (Wildman–Crippen LogP) is 1.63. The summed E-state index contributed by atoms with van der Waals surface area (Å²) in [5.74, 6) is 0.376. The van der Waals surface area contributed by atoms with Crippen molar-refractivity contribution in [1.82, 2.24) is 9.80 Å². The summed E-state index contributed by atoms with van der Waals surface area (Å²) in [6, 6.07) is -0.0892. The quantitative estimate of drug-likeness (QED) is 0.829. The number of urea groups is 1. The number of likely N-dealkylation sites (tertiary alicyclic amines) is 1. The van der Waals surface area contributed by atoms with Crippen LogP contribution in [0.4, 0.5) is 4.79 Å². The van der Waals surface area contributed by atoms with E-state index in [2.05, 4.69) is 0 Å². The predicted molar refractivity (Wildman–Crippen MR) is 67.3 cm³/mol. The smallest absolute Gasteiger partial charge is 0.323 e. The minimum atomic E-state index is -0.934. The summed E-state index contributed by atoms with van der Waals surface area (Å²) in [6.45, 7) is 3.95. The van der Waals surface area contributed by atoms with Gasteiger partial charge in [0.15, 0.2) is 0 Å². The number of rotatable bonds is 4. The van der Waals surface area contributed by atoms with Crippen LogP contribution in [0.2, 0.25) is 0 Å². The van der Waals surface area contributed by atoms with Crippen molar-refractivity contribution in [3.63, 3.8) is 0 Å². The molecule has 0 aromatic heterocycles. The molecule has 0 spiro atoms. The van der Waals surface area contributed by atoms with Crippen LogP contribution in [0.15, 0.2) is 0 Å². The third-order valence-corrected chi connectivity index (χ3v) is 4.09. The highest BCUT2D eigenvalue weighted by atomic mass is 16.4. The van der Waals surface area contributed by atoms with Gasteiger partial charge in [-0.15, -0.1) is 0 Å². The largest absolute Gasteiger partial charge is 0.480 e. The molecule has 0 aromatic carbocycles. The second-order valence-electron chi connectivity index (χ2n) is 5.45. The van der Waals surface area contributed by atoms with Gasteiger partial charge in [0.1, 0.15) is 6.54 Å². The molecule has 102 valence electrons. The first kappa shape index (κ1) is 13.2. The zero-order chi connectivity index (χ0) is 13.1. The van der Waals surface area contributed by atoms with Gasteiger partial charge in [-0.2, -0.15) is 0 Å². The van der Waals surface area contributed by atoms with Gasteiger partial charge in [0.05, 0.1) is 0 Å². The van der Waals surface area contributed by atoms with Crippen molar-refractivity contribution >= 4 is 12.0 Å². The fraction of sp³-hybridized carbons (Fsp3) is 0.846. The molecule has 18 heavy (non-hydrogen) atoms. The summed E-state index contributed by atoms with van der Waals surface area (Å²) in [7, 11) is 0. The maximum Gasteiger partial charge on any atom is 0.323 e. The third kappa shape index (κ3) is 2.76. The average Bonchev–Trinajstić information content (AvgIpc) is 2.86. The molecule has 2 amide bonds. The van der Waals surface area contributed by atoms with E-state index < -0.39 is 5.97 Å². The first-order valence-electron chi connectivity index (χ1n) is 6.87. The number of hydrogen-bond donors (Lipinski definition) is 1. The summed E-state index contributed by atoms with van der Waals surface area (Å²) in [6.07, 6.45) is 4.52. The van der Waals surface area contributed by atoms with Crippen molar-refractivity contribution in [3.8, 4) is 0 Å². The first-order valence-corrected chi connectivity index (χ1v) is 6.87. The van der Waals surface area contributed by atoms with E-state index in [0.29, 0.717) is 18.4 Å². The number of aliphatic carboxylic acids is 1. The summed E-state index contributed by atoms with van der Waals surface area (Å²) >= 11 is 0. The number of carboxylic acid groups (broad SMARTS) is 1. The summed E-state index contributed by atoms with van der Waals surface area (Å²) in [5.41, 5.74) is 0. The fourth-order valence-corrected chi connectivity index (χ4v) is 3.27. The van der Waals surface area contributed by atoms with Gasteiger partial charge >= 0.3 is 12.0 Å². The van der Waals surface area contributed by atoms with Crippen molar-refractivity contribution in [2.75, 3.05) is 26.2 Å². The molecule has 2 fully saturated rings. The summed E-state index contributed by atoms with van der Waals surface area (Å²) in [5, 5.41) is 8.85. The highest BCUT2D eigenvalue weighted by Crippen LogP contribution is 2.37. The molecular formula is C13H22N2O3. The second kappa shape index (κ2) is 5.59. The van der Waals surface area contributed by atoms with Gasteiger partial charge in [-0.3, -0.25) is 4.79 Å². The van der Waals surface area contributed by atoms with Crippen LogP contribution in [0.1, 0.15) is 32.6 Å². The van der Waals surface area contributed by atoms with Crippen LogP contribution in [-0.2, 0) is 4.79 Å². The van der Waals surface area contributed by atoms with E-state index in [1.165, 1.54) is 24.2 Å². The Balaban J connectivity index is 1.94. The lowest BCUT2D eigenvalue weighted by Crippen LogP contribution is -2.45. The number of nitrogens with zero attached hydrogens (tertiary/aromatic N) is 2. The normalized spacial score (nSPS) is 26.2. The molecule has 2 aliphatic rings.